The minimum absolute atomic E-state index is 0.00537. The van der Waals surface area contributed by atoms with Gasteiger partial charge in [0, 0.05) is 0 Å². The van der Waals surface area contributed by atoms with Gasteiger partial charge in [-0.15, -0.1) is 0 Å². The number of hydrogen-bond acceptors (Lipinski definition) is 2. The quantitative estimate of drug-likeness (QED) is 0.685. The summed E-state index contributed by atoms with van der Waals surface area (Å²) in [5.41, 5.74) is 0.534. The SMILES string of the molecule is [B]c1cc(O)c2c(c1)ncn2C(F)F. The molecular formula is C8H5BF2N2O. The van der Waals surface area contributed by atoms with Crippen molar-refractivity contribution in [2.75, 3.05) is 0 Å². The van der Waals surface area contributed by atoms with Gasteiger partial charge in [-0.25, -0.2) is 4.98 Å². The fourth-order valence-electron chi connectivity index (χ4n) is 1.32. The molecule has 0 saturated heterocycles. The highest BCUT2D eigenvalue weighted by atomic mass is 19.3. The van der Waals surface area contributed by atoms with E-state index in [1.54, 1.807) is 0 Å². The Hall–Kier alpha value is -1.59. The number of phenolic OH excluding ortho intramolecular Hbond substituents is 1. The monoisotopic (exact) mass is 194 g/mol. The van der Waals surface area contributed by atoms with Gasteiger partial charge in [-0.1, -0.05) is 5.46 Å². The Balaban J connectivity index is 2.79. The average molecular weight is 194 g/mol. The first-order valence-corrected chi connectivity index (χ1v) is 3.83. The number of nitrogens with zero attached hydrogens (tertiary/aromatic N) is 2. The largest absolute Gasteiger partial charge is 0.506 e. The molecule has 0 aliphatic carbocycles. The van der Waals surface area contributed by atoms with Crippen LogP contribution in [0.1, 0.15) is 6.55 Å². The standard InChI is InChI=1S/C8H5BF2N2O/c9-4-1-5-7(6(14)2-4)13(3-12-5)8(10)11/h1-3,8,14H. The number of rotatable bonds is 1. The first-order chi connectivity index (χ1) is 6.59. The molecule has 3 nitrogen and oxygen atoms in total. The smallest absolute Gasteiger partial charge is 0.320 e. The molecule has 2 radical (unpaired) electrons. The zero-order valence-electron chi connectivity index (χ0n) is 6.98. The molecule has 1 heterocycles. The molecule has 0 aliphatic heterocycles. The van der Waals surface area contributed by atoms with Crippen LogP contribution >= 0.6 is 0 Å². The van der Waals surface area contributed by atoms with Crippen molar-refractivity contribution in [3.8, 4) is 5.75 Å². The zero-order valence-corrected chi connectivity index (χ0v) is 6.98. The lowest BCUT2D eigenvalue weighted by molar-refractivity contribution is 0.0742. The molecule has 1 N–H and O–H groups in total. The predicted molar refractivity (Wildman–Crippen MR) is 48.0 cm³/mol. The van der Waals surface area contributed by atoms with Crippen molar-refractivity contribution in [3.63, 3.8) is 0 Å². The third-order valence-corrected chi connectivity index (χ3v) is 1.88. The van der Waals surface area contributed by atoms with Crippen LogP contribution in [0.4, 0.5) is 8.78 Å². The summed E-state index contributed by atoms with van der Waals surface area (Å²) in [5, 5.41) is 9.40. The molecule has 1 aromatic heterocycles. The van der Waals surface area contributed by atoms with Crippen LogP contribution in [-0.4, -0.2) is 22.5 Å². The normalized spacial score (nSPS) is 11.4. The number of imidazole rings is 1. The summed E-state index contributed by atoms with van der Waals surface area (Å²) in [7, 11) is 5.41. The third-order valence-electron chi connectivity index (χ3n) is 1.88. The van der Waals surface area contributed by atoms with Gasteiger partial charge in [0.15, 0.2) is 0 Å². The van der Waals surface area contributed by atoms with Crippen LogP contribution in [0.3, 0.4) is 0 Å². The molecule has 0 aliphatic rings. The summed E-state index contributed by atoms with van der Waals surface area (Å²) in [6, 6.07) is 2.64. The predicted octanol–water partition coefficient (Wildman–Crippen LogP) is 0.931. The second-order valence-corrected chi connectivity index (χ2v) is 2.84. The highest BCUT2D eigenvalue weighted by Crippen LogP contribution is 2.26. The summed E-state index contributed by atoms with van der Waals surface area (Å²) in [5.74, 6) is -0.294. The average Bonchev–Trinajstić information content (AvgIpc) is 2.47. The Kier molecular flexibility index (Phi) is 1.91. The number of phenols is 1. The Morgan fingerprint density at radius 3 is 2.79 bits per heavy atom. The number of fused-ring (bicyclic) bond motifs is 1. The van der Waals surface area contributed by atoms with Gasteiger partial charge in [-0.05, 0) is 12.1 Å². The van der Waals surface area contributed by atoms with E-state index in [1.807, 2.05) is 0 Å². The van der Waals surface area contributed by atoms with Gasteiger partial charge in [-0.3, -0.25) is 4.57 Å². The van der Waals surface area contributed by atoms with E-state index in [0.29, 0.717) is 4.57 Å². The van der Waals surface area contributed by atoms with E-state index >= 15 is 0 Å². The van der Waals surface area contributed by atoms with Crippen LogP contribution in [0, 0.1) is 0 Å². The maximum atomic E-state index is 12.4. The first kappa shape index (κ1) is 8.99. The van der Waals surface area contributed by atoms with Gasteiger partial charge in [0.2, 0.25) is 0 Å². The molecule has 2 rings (SSSR count). The number of hydrogen-bond donors (Lipinski definition) is 1. The Morgan fingerprint density at radius 2 is 2.14 bits per heavy atom. The van der Waals surface area contributed by atoms with Gasteiger partial charge in [0.05, 0.1) is 5.52 Å². The molecule has 0 unspecified atom stereocenters. The summed E-state index contributed by atoms with van der Waals surface area (Å²) in [6.07, 6.45) is 0.967. The lowest BCUT2D eigenvalue weighted by atomic mass is 9.95. The molecule has 14 heavy (non-hydrogen) atoms. The number of halogens is 2. The Morgan fingerprint density at radius 1 is 1.43 bits per heavy atom. The van der Waals surface area contributed by atoms with Crippen molar-refractivity contribution in [3.05, 3.63) is 18.5 Å². The summed E-state index contributed by atoms with van der Waals surface area (Å²) in [6.45, 7) is -2.73. The molecule has 0 saturated carbocycles. The zero-order chi connectivity index (χ0) is 10.3. The van der Waals surface area contributed by atoms with Gasteiger partial charge >= 0.3 is 6.55 Å². The molecule has 2 aromatic rings. The molecule has 0 fully saturated rings. The second-order valence-electron chi connectivity index (χ2n) is 2.84. The van der Waals surface area contributed by atoms with Crippen LogP contribution in [0.25, 0.3) is 11.0 Å². The van der Waals surface area contributed by atoms with Gasteiger partial charge < -0.3 is 5.11 Å². The van der Waals surface area contributed by atoms with E-state index in [1.165, 1.54) is 12.1 Å². The third kappa shape index (κ3) is 1.23. The van der Waals surface area contributed by atoms with Gasteiger partial charge in [-0.2, -0.15) is 8.78 Å². The number of alkyl halides is 2. The maximum absolute atomic E-state index is 12.4. The highest BCUT2D eigenvalue weighted by Gasteiger charge is 2.13. The molecule has 0 bridgehead atoms. The van der Waals surface area contributed by atoms with Crippen molar-refractivity contribution < 1.29 is 13.9 Å². The number of benzene rings is 1. The molecule has 6 heteroatoms. The van der Waals surface area contributed by atoms with E-state index in [4.69, 9.17) is 7.85 Å². The number of aromatic nitrogens is 2. The van der Waals surface area contributed by atoms with E-state index in [9.17, 15) is 13.9 Å². The van der Waals surface area contributed by atoms with Crippen molar-refractivity contribution in [2.45, 2.75) is 6.55 Å². The highest BCUT2D eigenvalue weighted by molar-refractivity contribution is 6.33. The number of aromatic hydroxyl groups is 1. The lowest BCUT2D eigenvalue weighted by Gasteiger charge is -2.03. The molecule has 70 valence electrons. The van der Waals surface area contributed by atoms with Crippen LogP contribution in [0.15, 0.2) is 18.5 Å². The van der Waals surface area contributed by atoms with Crippen molar-refractivity contribution in [1.82, 2.24) is 9.55 Å². The van der Waals surface area contributed by atoms with Gasteiger partial charge in [0.1, 0.15) is 25.4 Å². The van der Waals surface area contributed by atoms with Crippen molar-refractivity contribution in [1.29, 1.82) is 0 Å². The molecule has 0 atom stereocenters. The maximum Gasteiger partial charge on any atom is 0.320 e. The topological polar surface area (TPSA) is 38.1 Å². The first-order valence-electron chi connectivity index (χ1n) is 3.83. The minimum atomic E-state index is -2.73. The van der Waals surface area contributed by atoms with Crippen molar-refractivity contribution >= 4 is 24.3 Å². The van der Waals surface area contributed by atoms with Crippen LogP contribution in [-0.2, 0) is 0 Å². The fourth-order valence-corrected chi connectivity index (χ4v) is 1.32. The van der Waals surface area contributed by atoms with E-state index < -0.39 is 6.55 Å². The van der Waals surface area contributed by atoms with Crippen LogP contribution in [0.2, 0.25) is 0 Å². The molecule has 0 spiro atoms. The van der Waals surface area contributed by atoms with Crippen molar-refractivity contribution in [2.24, 2.45) is 0 Å². The summed E-state index contributed by atoms with van der Waals surface area (Å²) >= 11 is 0. The lowest BCUT2D eigenvalue weighted by Crippen LogP contribution is -2.02. The molecule has 0 amide bonds. The Labute approximate surface area is 79.4 Å². The van der Waals surface area contributed by atoms with E-state index in [0.717, 1.165) is 6.33 Å². The fraction of sp³-hybridized carbons (Fsp3) is 0.125. The van der Waals surface area contributed by atoms with Gasteiger partial charge in [0.25, 0.3) is 0 Å². The summed E-state index contributed by atoms with van der Waals surface area (Å²) < 4.78 is 25.4. The van der Waals surface area contributed by atoms with Crippen LogP contribution in [0.5, 0.6) is 5.75 Å². The minimum Gasteiger partial charge on any atom is -0.506 e. The second kappa shape index (κ2) is 2.97. The van der Waals surface area contributed by atoms with E-state index in [2.05, 4.69) is 4.98 Å². The molecule has 1 aromatic carbocycles. The Bertz CT molecular complexity index is 483. The van der Waals surface area contributed by atoms with Crippen LogP contribution < -0.4 is 5.46 Å². The molecular weight excluding hydrogens is 189 g/mol. The summed E-state index contributed by atoms with van der Waals surface area (Å²) in [4.78, 5) is 3.70. The van der Waals surface area contributed by atoms with E-state index in [-0.39, 0.29) is 22.2 Å².